The zero-order valence-electron chi connectivity index (χ0n) is 10.0. The minimum atomic E-state index is -0.238. The molecule has 0 unspecified atom stereocenters. The Morgan fingerprint density at radius 1 is 1.15 bits per heavy atom. The van der Waals surface area contributed by atoms with Gasteiger partial charge in [0.1, 0.15) is 0 Å². The number of aliphatic imine (C=N–C) groups is 1. The van der Waals surface area contributed by atoms with Crippen LogP contribution in [0.5, 0.6) is 0 Å². The van der Waals surface area contributed by atoms with Gasteiger partial charge in [0.15, 0.2) is 0 Å². The van der Waals surface area contributed by atoms with E-state index in [0.717, 1.165) is 5.71 Å². The van der Waals surface area contributed by atoms with Gasteiger partial charge in [0.05, 0.1) is 5.60 Å². The molecule has 0 aliphatic carbocycles. The number of ether oxygens (including phenoxy) is 1. The molecule has 13 heavy (non-hydrogen) atoms. The summed E-state index contributed by atoms with van der Waals surface area (Å²) in [6, 6.07) is 0.340. The Kier molecular flexibility index (Phi) is 4.62. The number of nitrogens with zero attached hydrogens (tertiary/aromatic N) is 1. The molecular weight excluding hydrogens is 162 g/mol. The fourth-order valence-corrected chi connectivity index (χ4v) is 1.38. The van der Waals surface area contributed by atoms with Crippen LogP contribution in [0.1, 0.15) is 41.5 Å². The molecule has 0 N–H and O–H groups in total. The van der Waals surface area contributed by atoms with Gasteiger partial charge in [-0.1, -0.05) is 13.8 Å². The highest BCUT2D eigenvalue weighted by atomic mass is 16.5. The second kappa shape index (κ2) is 4.75. The van der Waals surface area contributed by atoms with Gasteiger partial charge in [-0.05, 0) is 33.6 Å². The molecule has 78 valence electrons. The van der Waals surface area contributed by atoms with E-state index < -0.39 is 0 Å². The molecule has 0 spiro atoms. The molecule has 0 saturated heterocycles. The monoisotopic (exact) mass is 185 g/mol. The molecule has 2 nitrogen and oxygen atoms in total. The van der Waals surface area contributed by atoms with Crippen LogP contribution in [-0.2, 0) is 4.74 Å². The Morgan fingerprint density at radius 2 is 1.62 bits per heavy atom. The second-order valence-electron chi connectivity index (χ2n) is 4.48. The van der Waals surface area contributed by atoms with Gasteiger partial charge in [-0.3, -0.25) is 4.99 Å². The first kappa shape index (κ1) is 12.6. The quantitative estimate of drug-likeness (QED) is 0.617. The van der Waals surface area contributed by atoms with Crippen molar-refractivity contribution in [2.24, 2.45) is 10.9 Å². The van der Waals surface area contributed by atoms with Crippen LogP contribution in [-0.4, -0.2) is 24.5 Å². The first-order valence-electron chi connectivity index (χ1n) is 4.94. The van der Waals surface area contributed by atoms with Crippen molar-refractivity contribution in [1.29, 1.82) is 0 Å². The van der Waals surface area contributed by atoms with E-state index in [1.54, 1.807) is 7.11 Å². The average Bonchev–Trinajstić information content (AvgIpc) is 1.99. The maximum atomic E-state index is 5.43. The van der Waals surface area contributed by atoms with Crippen molar-refractivity contribution < 1.29 is 4.74 Å². The van der Waals surface area contributed by atoms with Gasteiger partial charge in [0, 0.05) is 18.9 Å². The van der Waals surface area contributed by atoms with Crippen molar-refractivity contribution in [2.75, 3.05) is 7.11 Å². The van der Waals surface area contributed by atoms with Gasteiger partial charge in [-0.25, -0.2) is 0 Å². The van der Waals surface area contributed by atoms with Crippen LogP contribution in [0.15, 0.2) is 4.99 Å². The van der Waals surface area contributed by atoms with Crippen molar-refractivity contribution in [1.82, 2.24) is 0 Å². The van der Waals surface area contributed by atoms with Crippen molar-refractivity contribution >= 4 is 5.71 Å². The molecule has 0 saturated carbocycles. The largest absolute Gasteiger partial charge is 0.373 e. The molecule has 0 aliphatic heterocycles. The van der Waals surface area contributed by atoms with Crippen molar-refractivity contribution in [2.45, 2.75) is 53.2 Å². The number of methoxy groups -OCH3 is 1. The number of hydrogen-bond acceptors (Lipinski definition) is 2. The Bertz CT molecular complexity index is 181. The Hall–Kier alpha value is -0.370. The van der Waals surface area contributed by atoms with Gasteiger partial charge in [-0.2, -0.15) is 0 Å². The normalized spacial score (nSPS) is 14.4. The Morgan fingerprint density at radius 3 is 1.85 bits per heavy atom. The lowest BCUT2D eigenvalue weighted by Gasteiger charge is -2.28. The second-order valence-corrected chi connectivity index (χ2v) is 4.48. The van der Waals surface area contributed by atoms with E-state index >= 15 is 0 Å². The summed E-state index contributed by atoms with van der Waals surface area (Å²) in [5.74, 6) is 0.442. The average molecular weight is 185 g/mol. The van der Waals surface area contributed by atoms with Gasteiger partial charge in [0.25, 0.3) is 0 Å². The van der Waals surface area contributed by atoms with Crippen LogP contribution in [0.3, 0.4) is 0 Å². The third kappa shape index (κ3) is 3.90. The lowest BCUT2D eigenvalue weighted by atomic mass is 9.92. The summed E-state index contributed by atoms with van der Waals surface area (Å²) in [5.41, 5.74) is 0.906. The van der Waals surface area contributed by atoms with Crippen LogP contribution in [0.4, 0.5) is 0 Å². The van der Waals surface area contributed by atoms with Crippen molar-refractivity contribution in [3.05, 3.63) is 0 Å². The van der Waals surface area contributed by atoms with E-state index in [0.29, 0.717) is 12.0 Å². The number of hydrogen-bond donors (Lipinski definition) is 0. The van der Waals surface area contributed by atoms with E-state index in [4.69, 9.17) is 4.74 Å². The molecule has 0 amide bonds. The topological polar surface area (TPSA) is 21.6 Å². The molecule has 2 heteroatoms. The highest BCUT2D eigenvalue weighted by Gasteiger charge is 2.26. The molecular formula is C11H23NO. The molecule has 0 aromatic carbocycles. The van der Waals surface area contributed by atoms with Crippen molar-refractivity contribution in [3.63, 3.8) is 0 Å². The molecule has 0 fully saturated rings. The van der Waals surface area contributed by atoms with Gasteiger partial charge >= 0.3 is 0 Å². The lowest BCUT2D eigenvalue weighted by molar-refractivity contribution is 0.0786. The Labute approximate surface area is 82.4 Å². The summed E-state index contributed by atoms with van der Waals surface area (Å²) in [5, 5.41) is 0. The standard InChI is InChI=1S/C11H23NO/c1-8(2)10(12-9(3)4)11(5,6)13-7/h8-9H,1-7H3. The van der Waals surface area contributed by atoms with Crippen LogP contribution in [0.2, 0.25) is 0 Å². The van der Waals surface area contributed by atoms with Crippen LogP contribution in [0, 0.1) is 5.92 Å². The summed E-state index contributed by atoms with van der Waals surface area (Å²) in [7, 11) is 1.73. The van der Waals surface area contributed by atoms with Crippen molar-refractivity contribution in [3.8, 4) is 0 Å². The third-order valence-electron chi connectivity index (χ3n) is 2.07. The van der Waals surface area contributed by atoms with E-state index in [1.165, 1.54) is 0 Å². The van der Waals surface area contributed by atoms with Crippen LogP contribution >= 0.6 is 0 Å². The zero-order valence-corrected chi connectivity index (χ0v) is 10.0. The summed E-state index contributed by atoms with van der Waals surface area (Å²) < 4.78 is 5.43. The van der Waals surface area contributed by atoms with E-state index in [9.17, 15) is 0 Å². The lowest BCUT2D eigenvalue weighted by Crippen LogP contribution is -2.38. The molecule has 0 rings (SSSR count). The predicted molar refractivity (Wildman–Crippen MR) is 58.5 cm³/mol. The fraction of sp³-hybridized carbons (Fsp3) is 0.909. The van der Waals surface area contributed by atoms with Gasteiger partial charge in [0.2, 0.25) is 0 Å². The van der Waals surface area contributed by atoms with Crippen LogP contribution in [0.25, 0.3) is 0 Å². The van der Waals surface area contributed by atoms with Gasteiger partial charge in [-0.15, -0.1) is 0 Å². The molecule has 0 aromatic rings. The number of rotatable bonds is 4. The summed E-state index contributed by atoms with van der Waals surface area (Å²) in [4.78, 5) is 4.61. The van der Waals surface area contributed by atoms with Crippen LogP contribution < -0.4 is 0 Å². The maximum absolute atomic E-state index is 5.43. The SMILES string of the molecule is COC(C)(C)C(=NC(C)C)C(C)C. The first-order chi connectivity index (χ1) is 5.81. The highest BCUT2D eigenvalue weighted by molar-refractivity contribution is 5.93. The van der Waals surface area contributed by atoms with E-state index in [-0.39, 0.29) is 5.60 Å². The summed E-state index contributed by atoms with van der Waals surface area (Å²) in [6.45, 7) is 12.6. The summed E-state index contributed by atoms with van der Waals surface area (Å²) in [6.07, 6.45) is 0. The first-order valence-corrected chi connectivity index (χ1v) is 4.94. The van der Waals surface area contributed by atoms with E-state index in [2.05, 4.69) is 46.5 Å². The third-order valence-corrected chi connectivity index (χ3v) is 2.07. The predicted octanol–water partition coefficient (Wildman–Crippen LogP) is 2.92. The molecule has 0 aliphatic rings. The summed E-state index contributed by atoms with van der Waals surface area (Å²) >= 11 is 0. The maximum Gasteiger partial charge on any atom is 0.1000 e. The molecule has 0 heterocycles. The molecule has 0 atom stereocenters. The minimum absolute atomic E-state index is 0.238. The minimum Gasteiger partial charge on any atom is -0.373 e. The molecule has 0 bridgehead atoms. The zero-order chi connectivity index (χ0) is 10.6. The highest BCUT2D eigenvalue weighted by Crippen LogP contribution is 2.17. The van der Waals surface area contributed by atoms with Gasteiger partial charge < -0.3 is 4.74 Å². The molecule has 0 radical (unpaired) electrons. The fourth-order valence-electron chi connectivity index (χ4n) is 1.38. The smallest absolute Gasteiger partial charge is 0.1000 e. The molecule has 0 aromatic heterocycles. The van der Waals surface area contributed by atoms with E-state index in [1.807, 2.05) is 0 Å². The Balaban J connectivity index is 4.81.